The van der Waals surface area contributed by atoms with Crippen LogP contribution in [0.5, 0.6) is 11.5 Å². The molecule has 1 aliphatic rings. The molecule has 1 fully saturated rings. The summed E-state index contributed by atoms with van der Waals surface area (Å²) in [6, 6.07) is 6.83. The number of likely N-dealkylation sites (N-methyl/N-ethyl adjacent to an activating group) is 1. The smallest absolute Gasteiger partial charge is 0.165 e. The molecule has 1 aromatic rings. The topological polar surface area (TPSA) is 33.7 Å². The third-order valence-corrected chi connectivity index (χ3v) is 3.30. The van der Waals surface area contributed by atoms with Gasteiger partial charge in [0.1, 0.15) is 6.61 Å². The lowest BCUT2D eigenvalue weighted by Crippen LogP contribution is -2.21. The van der Waals surface area contributed by atoms with Crippen molar-refractivity contribution in [2.75, 3.05) is 33.9 Å². The van der Waals surface area contributed by atoms with Crippen LogP contribution >= 0.6 is 0 Å². The Morgan fingerprint density at radius 1 is 1.25 bits per heavy atom. The Hall–Kier alpha value is -1.26. The van der Waals surface area contributed by atoms with Crippen LogP contribution in [0.4, 0.5) is 0 Å². The Morgan fingerprint density at radius 3 is 2.70 bits per heavy atom. The normalized spacial score (nSPS) is 14.6. The first-order valence-electron chi connectivity index (χ1n) is 7.46. The summed E-state index contributed by atoms with van der Waals surface area (Å²) in [5.74, 6) is 1.74. The second-order valence-corrected chi connectivity index (χ2v) is 5.48. The summed E-state index contributed by atoms with van der Waals surface area (Å²) in [6.07, 6.45) is 2.59. The molecule has 0 aliphatic heterocycles. The van der Waals surface area contributed by atoms with E-state index in [1.165, 1.54) is 18.4 Å². The summed E-state index contributed by atoms with van der Waals surface area (Å²) in [7, 11) is 4.10. The number of rotatable bonds is 9. The van der Waals surface area contributed by atoms with Gasteiger partial charge >= 0.3 is 0 Å². The zero-order chi connectivity index (χ0) is 14.4. The van der Waals surface area contributed by atoms with Crippen molar-refractivity contribution in [3.8, 4) is 11.5 Å². The molecule has 4 heteroatoms. The van der Waals surface area contributed by atoms with E-state index in [9.17, 15) is 0 Å². The Balaban J connectivity index is 2.04. The molecule has 0 spiro atoms. The number of hydrogen-bond acceptors (Lipinski definition) is 4. The molecule has 2 rings (SSSR count). The van der Waals surface area contributed by atoms with Gasteiger partial charge in [0.25, 0.3) is 0 Å². The fourth-order valence-corrected chi connectivity index (χ4v) is 2.01. The van der Waals surface area contributed by atoms with Gasteiger partial charge in [0.2, 0.25) is 0 Å². The molecule has 0 aromatic heterocycles. The van der Waals surface area contributed by atoms with E-state index in [0.29, 0.717) is 19.3 Å². The minimum Gasteiger partial charge on any atom is -0.490 e. The fraction of sp³-hybridized carbons (Fsp3) is 0.625. The van der Waals surface area contributed by atoms with Crippen LogP contribution in [-0.4, -0.2) is 44.8 Å². The van der Waals surface area contributed by atoms with E-state index in [0.717, 1.165) is 24.6 Å². The number of hydrogen-bond donors (Lipinski definition) is 1. The summed E-state index contributed by atoms with van der Waals surface area (Å²) in [6.45, 7) is 5.08. The van der Waals surface area contributed by atoms with Gasteiger partial charge in [-0.3, -0.25) is 0 Å². The third kappa shape index (κ3) is 4.69. The van der Waals surface area contributed by atoms with Crippen molar-refractivity contribution in [1.29, 1.82) is 0 Å². The van der Waals surface area contributed by atoms with E-state index in [1.54, 1.807) is 0 Å². The number of nitrogens with one attached hydrogen (secondary N) is 1. The molecule has 112 valence electrons. The number of ether oxygens (including phenoxy) is 2. The average molecular weight is 278 g/mol. The molecular weight excluding hydrogens is 252 g/mol. The van der Waals surface area contributed by atoms with Crippen molar-refractivity contribution in [3.63, 3.8) is 0 Å². The zero-order valence-electron chi connectivity index (χ0n) is 12.8. The van der Waals surface area contributed by atoms with Crippen LogP contribution in [0.2, 0.25) is 0 Å². The van der Waals surface area contributed by atoms with Crippen LogP contribution in [0, 0.1) is 0 Å². The second-order valence-electron chi connectivity index (χ2n) is 5.48. The molecule has 0 atom stereocenters. The summed E-state index contributed by atoms with van der Waals surface area (Å²) >= 11 is 0. The van der Waals surface area contributed by atoms with E-state index in [1.807, 2.05) is 33.2 Å². The zero-order valence-corrected chi connectivity index (χ0v) is 12.8. The lowest BCUT2D eigenvalue weighted by molar-refractivity contribution is 0.241. The van der Waals surface area contributed by atoms with Crippen molar-refractivity contribution in [1.82, 2.24) is 10.2 Å². The van der Waals surface area contributed by atoms with Crippen LogP contribution in [0.25, 0.3) is 0 Å². The van der Waals surface area contributed by atoms with Crippen LogP contribution in [0.3, 0.4) is 0 Å². The summed E-state index contributed by atoms with van der Waals surface area (Å²) in [4.78, 5) is 2.12. The molecule has 0 unspecified atom stereocenters. The first kappa shape index (κ1) is 15.1. The maximum Gasteiger partial charge on any atom is 0.165 e. The lowest BCUT2D eigenvalue weighted by Gasteiger charge is -2.17. The van der Waals surface area contributed by atoms with Crippen LogP contribution in [0.1, 0.15) is 25.3 Å². The molecule has 0 radical (unpaired) electrons. The maximum atomic E-state index is 5.98. The number of nitrogens with zero attached hydrogens (tertiary/aromatic N) is 1. The Bertz CT molecular complexity index is 417. The van der Waals surface area contributed by atoms with Gasteiger partial charge in [-0.25, -0.2) is 0 Å². The lowest BCUT2D eigenvalue weighted by atomic mass is 10.2. The molecule has 4 nitrogen and oxygen atoms in total. The van der Waals surface area contributed by atoms with Crippen molar-refractivity contribution in [2.45, 2.75) is 32.4 Å². The summed E-state index contributed by atoms with van der Waals surface area (Å²) in [5, 5.41) is 3.54. The molecule has 1 aliphatic carbocycles. The van der Waals surface area contributed by atoms with Gasteiger partial charge in [-0.1, -0.05) is 12.1 Å². The van der Waals surface area contributed by atoms with Gasteiger partial charge in [-0.15, -0.1) is 0 Å². The Kier molecular flexibility index (Phi) is 5.68. The standard InChI is InChI=1S/C16H26N2O2/c1-4-19-15-7-5-6-13(12-17-14-8-9-14)16(15)20-11-10-18(2)3/h5-7,14,17H,4,8-12H2,1-3H3. The summed E-state index contributed by atoms with van der Waals surface area (Å²) < 4.78 is 11.7. The predicted molar refractivity (Wildman–Crippen MR) is 81.5 cm³/mol. The first-order valence-corrected chi connectivity index (χ1v) is 7.46. The van der Waals surface area contributed by atoms with Gasteiger partial charge < -0.3 is 19.7 Å². The van der Waals surface area contributed by atoms with Gasteiger partial charge in [-0.2, -0.15) is 0 Å². The van der Waals surface area contributed by atoms with E-state index in [4.69, 9.17) is 9.47 Å². The van der Waals surface area contributed by atoms with Crippen molar-refractivity contribution in [2.24, 2.45) is 0 Å². The molecule has 1 N–H and O–H groups in total. The molecule has 0 amide bonds. The minimum absolute atomic E-state index is 0.656. The third-order valence-electron chi connectivity index (χ3n) is 3.30. The van der Waals surface area contributed by atoms with Gasteiger partial charge in [-0.05, 0) is 39.9 Å². The van der Waals surface area contributed by atoms with Gasteiger partial charge in [0.15, 0.2) is 11.5 Å². The Morgan fingerprint density at radius 2 is 2.05 bits per heavy atom. The van der Waals surface area contributed by atoms with Crippen molar-refractivity contribution >= 4 is 0 Å². The average Bonchev–Trinajstić information content (AvgIpc) is 3.22. The Labute approximate surface area is 122 Å². The highest BCUT2D eigenvalue weighted by molar-refractivity contribution is 5.46. The molecule has 0 saturated heterocycles. The highest BCUT2D eigenvalue weighted by Crippen LogP contribution is 2.32. The highest BCUT2D eigenvalue weighted by atomic mass is 16.5. The second kappa shape index (κ2) is 7.50. The molecular formula is C16H26N2O2. The fourth-order valence-electron chi connectivity index (χ4n) is 2.01. The van der Waals surface area contributed by atoms with E-state index in [2.05, 4.69) is 16.3 Å². The minimum atomic E-state index is 0.656. The number of para-hydroxylation sites is 1. The monoisotopic (exact) mass is 278 g/mol. The van der Waals surface area contributed by atoms with E-state index >= 15 is 0 Å². The van der Waals surface area contributed by atoms with Crippen LogP contribution < -0.4 is 14.8 Å². The molecule has 0 heterocycles. The highest BCUT2D eigenvalue weighted by Gasteiger charge is 2.21. The quantitative estimate of drug-likeness (QED) is 0.751. The largest absolute Gasteiger partial charge is 0.490 e. The molecule has 1 aromatic carbocycles. The van der Waals surface area contributed by atoms with Crippen molar-refractivity contribution < 1.29 is 9.47 Å². The molecule has 0 bridgehead atoms. The van der Waals surface area contributed by atoms with Gasteiger partial charge in [0.05, 0.1) is 6.61 Å². The molecule has 20 heavy (non-hydrogen) atoms. The van der Waals surface area contributed by atoms with Crippen LogP contribution in [-0.2, 0) is 6.54 Å². The first-order chi connectivity index (χ1) is 9.70. The van der Waals surface area contributed by atoms with Crippen molar-refractivity contribution in [3.05, 3.63) is 23.8 Å². The summed E-state index contributed by atoms with van der Waals surface area (Å²) in [5.41, 5.74) is 1.18. The van der Waals surface area contributed by atoms with Gasteiger partial charge in [0, 0.05) is 24.7 Å². The SMILES string of the molecule is CCOc1cccc(CNC2CC2)c1OCCN(C)C. The predicted octanol–water partition coefficient (Wildman–Crippen LogP) is 2.28. The van der Waals surface area contributed by atoms with E-state index in [-0.39, 0.29) is 0 Å². The van der Waals surface area contributed by atoms with Crippen LogP contribution in [0.15, 0.2) is 18.2 Å². The molecule has 1 saturated carbocycles. The van der Waals surface area contributed by atoms with E-state index < -0.39 is 0 Å². The maximum absolute atomic E-state index is 5.98. The number of benzene rings is 1.